The molecule has 0 unspecified atom stereocenters. The predicted molar refractivity (Wildman–Crippen MR) is 53.8 cm³/mol. The minimum atomic E-state index is -0.743. The van der Waals surface area contributed by atoms with Crippen molar-refractivity contribution in [2.24, 2.45) is 5.92 Å². The summed E-state index contributed by atoms with van der Waals surface area (Å²) in [7, 11) is 1.86. The van der Waals surface area contributed by atoms with Gasteiger partial charge in [0.1, 0.15) is 6.04 Å². The molecule has 3 nitrogen and oxygen atoms in total. The Morgan fingerprint density at radius 1 is 1.31 bits per heavy atom. The smallest absolute Gasteiger partial charge is 0.321 e. The van der Waals surface area contributed by atoms with Crippen LogP contribution in [0.15, 0.2) is 0 Å². The van der Waals surface area contributed by atoms with E-state index in [0.29, 0.717) is 0 Å². The van der Waals surface area contributed by atoms with Crippen molar-refractivity contribution >= 4 is 5.97 Å². The molecular formula is C10H21NO2. The lowest BCUT2D eigenvalue weighted by molar-refractivity contribution is -0.146. The molecule has 0 fully saturated rings. The quantitative estimate of drug-likeness (QED) is 0.732. The van der Waals surface area contributed by atoms with E-state index in [0.717, 1.165) is 0 Å². The molecule has 0 aliphatic heterocycles. The molecule has 0 amide bonds. The van der Waals surface area contributed by atoms with Crippen LogP contribution in [0.5, 0.6) is 0 Å². The van der Waals surface area contributed by atoms with Gasteiger partial charge < -0.3 is 5.11 Å². The summed E-state index contributed by atoms with van der Waals surface area (Å²) in [5.74, 6) is -0.617. The highest BCUT2D eigenvalue weighted by Gasteiger charge is 2.32. The topological polar surface area (TPSA) is 40.5 Å². The number of nitrogens with zero attached hydrogens (tertiary/aromatic N) is 1. The maximum Gasteiger partial charge on any atom is 0.321 e. The number of carboxylic acids is 1. The molecule has 1 N–H and O–H groups in total. The molecule has 0 radical (unpaired) electrons. The molecule has 13 heavy (non-hydrogen) atoms. The summed E-state index contributed by atoms with van der Waals surface area (Å²) in [6.07, 6.45) is 0. The Morgan fingerprint density at radius 3 is 1.77 bits per heavy atom. The van der Waals surface area contributed by atoms with Gasteiger partial charge in [-0.05, 0) is 33.7 Å². The summed E-state index contributed by atoms with van der Waals surface area (Å²) in [6.45, 7) is 9.92. The molecular weight excluding hydrogens is 166 g/mol. The van der Waals surface area contributed by atoms with Crippen molar-refractivity contribution in [1.29, 1.82) is 0 Å². The van der Waals surface area contributed by atoms with Crippen LogP contribution in [0.4, 0.5) is 0 Å². The number of aliphatic carboxylic acids is 1. The second kappa shape index (κ2) is 4.09. The second-order valence-electron chi connectivity index (χ2n) is 4.81. The Bertz CT molecular complexity index is 182. The zero-order valence-corrected chi connectivity index (χ0v) is 9.46. The molecule has 0 aromatic heterocycles. The first-order valence-corrected chi connectivity index (χ1v) is 4.63. The Balaban J connectivity index is 4.67. The first-order chi connectivity index (χ1) is 5.68. The van der Waals surface area contributed by atoms with Gasteiger partial charge in [0.05, 0.1) is 0 Å². The average molecular weight is 187 g/mol. The van der Waals surface area contributed by atoms with Crippen LogP contribution in [0.3, 0.4) is 0 Å². The maximum atomic E-state index is 11.0. The molecule has 0 aliphatic rings. The van der Waals surface area contributed by atoms with Gasteiger partial charge >= 0.3 is 5.97 Å². The van der Waals surface area contributed by atoms with Crippen LogP contribution in [0.2, 0.25) is 0 Å². The second-order valence-corrected chi connectivity index (χ2v) is 4.81. The van der Waals surface area contributed by atoms with Crippen LogP contribution >= 0.6 is 0 Å². The van der Waals surface area contributed by atoms with Crippen LogP contribution in [0, 0.1) is 5.92 Å². The van der Waals surface area contributed by atoms with Gasteiger partial charge in [-0.1, -0.05) is 13.8 Å². The summed E-state index contributed by atoms with van der Waals surface area (Å²) in [5, 5.41) is 9.04. The van der Waals surface area contributed by atoms with E-state index in [9.17, 15) is 4.79 Å². The van der Waals surface area contributed by atoms with Gasteiger partial charge in [0.15, 0.2) is 0 Å². The Hall–Kier alpha value is -0.570. The lowest BCUT2D eigenvalue weighted by Crippen LogP contribution is -2.51. The van der Waals surface area contributed by atoms with Gasteiger partial charge in [0, 0.05) is 5.54 Å². The SMILES string of the molecule is CC(C)[C@@H](C(=O)O)N(C)C(C)(C)C. The number of carbonyl (C=O) groups is 1. The Labute approximate surface area is 80.7 Å². The van der Waals surface area contributed by atoms with Gasteiger partial charge in [0.2, 0.25) is 0 Å². The van der Waals surface area contributed by atoms with Gasteiger partial charge in [-0.25, -0.2) is 0 Å². The summed E-state index contributed by atoms with van der Waals surface area (Å²) in [4.78, 5) is 12.9. The van der Waals surface area contributed by atoms with E-state index in [1.807, 2.05) is 46.6 Å². The number of carboxylic acid groups (broad SMARTS) is 1. The first kappa shape index (κ1) is 12.4. The Kier molecular flexibility index (Phi) is 3.91. The first-order valence-electron chi connectivity index (χ1n) is 4.63. The molecule has 0 rings (SSSR count). The zero-order chi connectivity index (χ0) is 10.8. The summed E-state index contributed by atoms with van der Waals surface area (Å²) in [5.41, 5.74) is -0.104. The minimum absolute atomic E-state index is 0.104. The fourth-order valence-electron chi connectivity index (χ4n) is 1.32. The van der Waals surface area contributed by atoms with Crippen molar-refractivity contribution in [3.05, 3.63) is 0 Å². The van der Waals surface area contributed by atoms with Crippen LogP contribution in [0.25, 0.3) is 0 Å². The van der Waals surface area contributed by atoms with E-state index >= 15 is 0 Å². The van der Waals surface area contributed by atoms with Crippen molar-refractivity contribution in [1.82, 2.24) is 4.90 Å². The Morgan fingerprint density at radius 2 is 1.69 bits per heavy atom. The number of likely N-dealkylation sites (N-methyl/N-ethyl adjacent to an activating group) is 1. The molecule has 0 aromatic rings. The van der Waals surface area contributed by atoms with Crippen LogP contribution in [0.1, 0.15) is 34.6 Å². The van der Waals surface area contributed by atoms with E-state index in [1.165, 1.54) is 0 Å². The van der Waals surface area contributed by atoms with E-state index in [1.54, 1.807) is 0 Å². The summed E-state index contributed by atoms with van der Waals surface area (Å²) >= 11 is 0. The highest BCUT2D eigenvalue weighted by molar-refractivity contribution is 5.73. The minimum Gasteiger partial charge on any atom is -0.480 e. The fourth-order valence-corrected chi connectivity index (χ4v) is 1.32. The van der Waals surface area contributed by atoms with Crippen LogP contribution in [-0.2, 0) is 4.79 Å². The largest absolute Gasteiger partial charge is 0.480 e. The molecule has 1 atom stereocenters. The van der Waals surface area contributed by atoms with Gasteiger partial charge in [-0.15, -0.1) is 0 Å². The van der Waals surface area contributed by atoms with Crippen molar-refractivity contribution in [2.75, 3.05) is 7.05 Å². The molecule has 0 spiro atoms. The molecule has 0 saturated carbocycles. The van der Waals surface area contributed by atoms with Crippen molar-refractivity contribution < 1.29 is 9.90 Å². The van der Waals surface area contributed by atoms with E-state index in [2.05, 4.69) is 0 Å². The maximum absolute atomic E-state index is 11.0. The van der Waals surface area contributed by atoms with E-state index in [4.69, 9.17) is 5.11 Å². The average Bonchev–Trinajstić information content (AvgIpc) is 1.82. The van der Waals surface area contributed by atoms with E-state index in [-0.39, 0.29) is 11.5 Å². The van der Waals surface area contributed by atoms with Gasteiger partial charge in [0.25, 0.3) is 0 Å². The molecule has 0 heterocycles. The van der Waals surface area contributed by atoms with Crippen molar-refractivity contribution in [3.8, 4) is 0 Å². The molecule has 3 heteroatoms. The van der Waals surface area contributed by atoms with E-state index < -0.39 is 12.0 Å². The molecule has 0 saturated heterocycles. The van der Waals surface area contributed by atoms with Gasteiger partial charge in [-0.3, -0.25) is 9.69 Å². The van der Waals surface area contributed by atoms with Gasteiger partial charge in [-0.2, -0.15) is 0 Å². The lowest BCUT2D eigenvalue weighted by Gasteiger charge is -2.38. The van der Waals surface area contributed by atoms with Crippen molar-refractivity contribution in [3.63, 3.8) is 0 Å². The van der Waals surface area contributed by atoms with Crippen molar-refractivity contribution in [2.45, 2.75) is 46.2 Å². The lowest BCUT2D eigenvalue weighted by atomic mass is 9.97. The number of rotatable bonds is 3. The number of hydrogen-bond acceptors (Lipinski definition) is 2. The third kappa shape index (κ3) is 3.35. The third-order valence-corrected chi connectivity index (χ3v) is 2.36. The molecule has 0 aliphatic carbocycles. The molecule has 0 bridgehead atoms. The fraction of sp³-hybridized carbons (Fsp3) is 0.900. The normalized spacial score (nSPS) is 15.1. The molecule has 0 aromatic carbocycles. The summed E-state index contributed by atoms with van der Waals surface area (Å²) in [6, 6.07) is -0.403. The summed E-state index contributed by atoms with van der Waals surface area (Å²) < 4.78 is 0. The number of hydrogen-bond donors (Lipinski definition) is 1. The monoisotopic (exact) mass is 187 g/mol. The highest BCUT2D eigenvalue weighted by atomic mass is 16.4. The molecule has 78 valence electrons. The van der Waals surface area contributed by atoms with Crippen LogP contribution < -0.4 is 0 Å². The van der Waals surface area contributed by atoms with Crippen LogP contribution in [-0.4, -0.2) is 34.6 Å². The highest BCUT2D eigenvalue weighted by Crippen LogP contribution is 2.19. The standard InChI is InChI=1S/C10H21NO2/c1-7(2)8(9(12)13)11(6)10(3,4)5/h7-8H,1-6H3,(H,12,13)/t8-/m0/s1. The predicted octanol–water partition coefficient (Wildman–Crippen LogP) is 1.83. The zero-order valence-electron chi connectivity index (χ0n) is 9.46. The third-order valence-electron chi connectivity index (χ3n) is 2.36.